The van der Waals surface area contributed by atoms with Crippen LogP contribution in [0.5, 0.6) is 0 Å². The van der Waals surface area contributed by atoms with Crippen molar-refractivity contribution >= 4 is 15.9 Å². The van der Waals surface area contributed by atoms with Crippen molar-refractivity contribution in [1.29, 1.82) is 0 Å². The molecule has 1 aliphatic rings. The molecule has 0 spiro atoms. The molecule has 2 rings (SSSR count). The summed E-state index contributed by atoms with van der Waals surface area (Å²) in [5.41, 5.74) is 7.30. The second-order valence-corrected chi connectivity index (χ2v) is 5.11. The van der Waals surface area contributed by atoms with Crippen molar-refractivity contribution < 1.29 is 0 Å². The first-order chi connectivity index (χ1) is 7.25. The van der Waals surface area contributed by atoms with Gasteiger partial charge in [-0.15, -0.1) is 0 Å². The monoisotopic (exact) mass is 268 g/mol. The topological polar surface area (TPSA) is 38.0 Å². The highest BCUT2D eigenvalue weighted by molar-refractivity contribution is 9.10. The number of benzene rings is 1. The molecule has 0 aromatic heterocycles. The fourth-order valence-electron chi connectivity index (χ4n) is 1.76. The van der Waals surface area contributed by atoms with Crippen molar-refractivity contribution in [2.75, 3.05) is 6.54 Å². The van der Waals surface area contributed by atoms with E-state index in [9.17, 15) is 0 Å². The van der Waals surface area contributed by atoms with E-state index in [1.165, 1.54) is 24.8 Å². The summed E-state index contributed by atoms with van der Waals surface area (Å²) in [5.74, 6) is 0. The van der Waals surface area contributed by atoms with Crippen LogP contribution in [0.2, 0.25) is 0 Å². The van der Waals surface area contributed by atoms with Crippen LogP contribution in [0.4, 0.5) is 0 Å². The van der Waals surface area contributed by atoms with Crippen LogP contribution in [0.15, 0.2) is 28.7 Å². The lowest BCUT2D eigenvalue weighted by molar-refractivity contribution is 0.333. The van der Waals surface area contributed by atoms with Crippen LogP contribution in [-0.4, -0.2) is 12.6 Å². The van der Waals surface area contributed by atoms with Gasteiger partial charge in [0.25, 0.3) is 0 Å². The number of hydrogen-bond donors (Lipinski definition) is 2. The fraction of sp³-hybridized carbons (Fsp3) is 0.500. The van der Waals surface area contributed by atoms with Crippen molar-refractivity contribution in [3.05, 3.63) is 34.3 Å². The zero-order chi connectivity index (χ0) is 10.7. The molecule has 1 unspecified atom stereocenters. The predicted octanol–water partition coefficient (Wildman–Crippen LogP) is 2.59. The lowest BCUT2D eigenvalue weighted by Gasteiger charge is -2.28. The van der Waals surface area contributed by atoms with Gasteiger partial charge < -0.3 is 11.1 Å². The summed E-state index contributed by atoms with van der Waals surface area (Å²) in [4.78, 5) is 0. The molecule has 0 amide bonds. The second kappa shape index (κ2) is 5.10. The van der Waals surface area contributed by atoms with Gasteiger partial charge in [0, 0.05) is 23.1 Å². The van der Waals surface area contributed by atoms with Crippen molar-refractivity contribution in [2.45, 2.75) is 31.3 Å². The highest BCUT2D eigenvalue weighted by Crippen LogP contribution is 2.20. The van der Waals surface area contributed by atoms with E-state index in [1.54, 1.807) is 0 Å². The van der Waals surface area contributed by atoms with Crippen LogP contribution in [0.25, 0.3) is 0 Å². The van der Waals surface area contributed by atoms with Crippen LogP contribution < -0.4 is 11.1 Å². The quantitative estimate of drug-likeness (QED) is 0.881. The normalized spacial score (nSPS) is 18.5. The SMILES string of the molecule is NC(CNC1CCC1)c1cccc(Br)c1. The van der Waals surface area contributed by atoms with Crippen molar-refractivity contribution in [3.63, 3.8) is 0 Å². The maximum absolute atomic E-state index is 6.11. The molecule has 3 heteroatoms. The molecule has 0 bridgehead atoms. The minimum absolute atomic E-state index is 0.100. The molecule has 1 atom stereocenters. The molecule has 1 fully saturated rings. The van der Waals surface area contributed by atoms with Crippen molar-refractivity contribution in [1.82, 2.24) is 5.32 Å². The average molecular weight is 269 g/mol. The lowest BCUT2D eigenvalue weighted by Crippen LogP contribution is -2.39. The first-order valence-electron chi connectivity index (χ1n) is 5.50. The zero-order valence-corrected chi connectivity index (χ0v) is 10.3. The highest BCUT2D eigenvalue weighted by Gasteiger charge is 2.17. The Morgan fingerprint density at radius 3 is 2.87 bits per heavy atom. The third-order valence-electron chi connectivity index (χ3n) is 3.01. The number of halogens is 1. The highest BCUT2D eigenvalue weighted by atomic mass is 79.9. The summed E-state index contributed by atoms with van der Waals surface area (Å²) in [6.45, 7) is 0.876. The molecule has 0 radical (unpaired) electrons. The van der Waals surface area contributed by atoms with Gasteiger partial charge in [0.05, 0.1) is 0 Å². The van der Waals surface area contributed by atoms with Gasteiger partial charge in [-0.05, 0) is 30.5 Å². The maximum Gasteiger partial charge on any atom is 0.0422 e. The van der Waals surface area contributed by atoms with Gasteiger partial charge in [-0.2, -0.15) is 0 Å². The first kappa shape index (κ1) is 11.1. The van der Waals surface area contributed by atoms with E-state index >= 15 is 0 Å². The molecule has 0 saturated heterocycles. The third-order valence-corrected chi connectivity index (χ3v) is 3.50. The Morgan fingerprint density at radius 1 is 1.47 bits per heavy atom. The van der Waals surface area contributed by atoms with Gasteiger partial charge in [0.15, 0.2) is 0 Å². The maximum atomic E-state index is 6.11. The summed E-state index contributed by atoms with van der Waals surface area (Å²) in [5, 5.41) is 3.50. The Bertz CT molecular complexity index is 323. The van der Waals surface area contributed by atoms with Crippen molar-refractivity contribution in [3.8, 4) is 0 Å². The molecule has 1 saturated carbocycles. The minimum Gasteiger partial charge on any atom is -0.323 e. The average Bonchev–Trinajstić information content (AvgIpc) is 2.15. The fourth-order valence-corrected chi connectivity index (χ4v) is 2.18. The van der Waals surface area contributed by atoms with Gasteiger partial charge in [-0.3, -0.25) is 0 Å². The van der Waals surface area contributed by atoms with Crippen LogP contribution >= 0.6 is 15.9 Å². The number of rotatable bonds is 4. The summed E-state index contributed by atoms with van der Waals surface area (Å²) in [6, 6.07) is 9.04. The Balaban J connectivity index is 1.86. The smallest absolute Gasteiger partial charge is 0.0422 e. The molecular weight excluding hydrogens is 252 g/mol. The molecular formula is C12H17BrN2. The molecule has 0 heterocycles. The zero-order valence-electron chi connectivity index (χ0n) is 8.75. The number of hydrogen-bond acceptors (Lipinski definition) is 2. The summed E-state index contributed by atoms with van der Waals surface area (Å²) >= 11 is 3.46. The molecule has 3 N–H and O–H groups in total. The van der Waals surface area contributed by atoms with Crippen LogP contribution in [0.3, 0.4) is 0 Å². The van der Waals surface area contributed by atoms with E-state index in [2.05, 4.69) is 33.4 Å². The third kappa shape index (κ3) is 3.03. The summed E-state index contributed by atoms with van der Waals surface area (Å²) < 4.78 is 1.10. The Morgan fingerprint density at radius 2 is 2.27 bits per heavy atom. The molecule has 82 valence electrons. The second-order valence-electron chi connectivity index (χ2n) is 4.20. The van der Waals surface area contributed by atoms with E-state index in [0.29, 0.717) is 6.04 Å². The van der Waals surface area contributed by atoms with Crippen molar-refractivity contribution in [2.24, 2.45) is 5.73 Å². The Kier molecular flexibility index (Phi) is 3.78. The summed E-state index contributed by atoms with van der Waals surface area (Å²) in [7, 11) is 0. The molecule has 0 aliphatic heterocycles. The lowest BCUT2D eigenvalue weighted by atomic mass is 9.93. The molecule has 1 aromatic rings. The van der Waals surface area contributed by atoms with Crippen LogP contribution in [-0.2, 0) is 0 Å². The predicted molar refractivity (Wildman–Crippen MR) is 66.7 cm³/mol. The van der Waals surface area contributed by atoms with Gasteiger partial charge in [-0.25, -0.2) is 0 Å². The molecule has 2 nitrogen and oxygen atoms in total. The van der Waals surface area contributed by atoms with E-state index in [4.69, 9.17) is 5.73 Å². The minimum atomic E-state index is 0.100. The van der Waals surface area contributed by atoms with E-state index < -0.39 is 0 Å². The van der Waals surface area contributed by atoms with E-state index in [1.807, 2.05) is 12.1 Å². The number of nitrogens with one attached hydrogen (secondary N) is 1. The van der Waals surface area contributed by atoms with Crippen LogP contribution in [0.1, 0.15) is 30.9 Å². The largest absolute Gasteiger partial charge is 0.323 e. The van der Waals surface area contributed by atoms with Gasteiger partial charge in [0.1, 0.15) is 0 Å². The number of nitrogens with two attached hydrogens (primary N) is 1. The summed E-state index contributed by atoms with van der Waals surface area (Å²) in [6.07, 6.45) is 3.99. The molecule has 15 heavy (non-hydrogen) atoms. The first-order valence-corrected chi connectivity index (χ1v) is 6.29. The van der Waals surface area contributed by atoms with Gasteiger partial charge in [-0.1, -0.05) is 34.5 Å². The molecule has 1 aromatic carbocycles. The standard InChI is InChI=1S/C12H17BrN2/c13-10-4-1-3-9(7-10)12(14)8-15-11-5-2-6-11/h1,3-4,7,11-12,15H,2,5-6,8,14H2. The van der Waals surface area contributed by atoms with E-state index in [0.717, 1.165) is 11.0 Å². The Hall–Kier alpha value is -0.380. The molecule has 1 aliphatic carbocycles. The van der Waals surface area contributed by atoms with Gasteiger partial charge >= 0.3 is 0 Å². The van der Waals surface area contributed by atoms with Gasteiger partial charge in [0.2, 0.25) is 0 Å². The Labute approximate surface area is 99.4 Å². The van der Waals surface area contributed by atoms with E-state index in [-0.39, 0.29) is 6.04 Å². The van der Waals surface area contributed by atoms with Crippen LogP contribution in [0, 0.1) is 0 Å².